The Morgan fingerprint density at radius 2 is 1.79 bits per heavy atom. The van der Waals surface area contributed by atoms with E-state index in [0.29, 0.717) is 41.3 Å². The zero-order valence-electron chi connectivity index (χ0n) is 27.5. The van der Waals surface area contributed by atoms with Gasteiger partial charge in [-0.1, -0.05) is 49.4 Å². The number of ether oxygens (including phenoxy) is 2. The van der Waals surface area contributed by atoms with Crippen molar-refractivity contribution < 1.29 is 33.8 Å². The van der Waals surface area contributed by atoms with Crippen LogP contribution in [0.15, 0.2) is 79.4 Å². The average molecular weight is 668 g/mol. The molecule has 4 aliphatic heterocycles. The molecule has 3 amide bonds. The van der Waals surface area contributed by atoms with Gasteiger partial charge in [0.15, 0.2) is 20.5 Å². The third-order valence-corrected chi connectivity index (χ3v) is 13.0. The third-order valence-electron chi connectivity index (χ3n) is 10.5. The van der Waals surface area contributed by atoms with Crippen LogP contribution in [0.3, 0.4) is 0 Å². The van der Waals surface area contributed by atoms with E-state index in [9.17, 15) is 24.3 Å². The van der Waals surface area contributed by atoms with E-state index in [1.54, 1.807) is 20.8 Å². The van der Waals surface area contributed by atoms with Crippen LogP contribution in [-0.4, -0.2) is 72.7 Å². The van der Waals surface area contributed by atoms with Gasteiger partial charge in [-0.15, -0.1) is 6.58 Å². The Kier molecular flexibility index (Phi) is 8.06. The number of amides is 3. The van der Waals surface area contributed by atoms with E-state index in [2.05, 4.69) is 6.58 Å². The summed E-state index contributed by atoms with van der Waals surface area (Å²) in [5.41, 5.74) is 2.56. The number of fused-ring (bicyclic) bond motifs is 4. The Morgan fingerprint density at radius 3 is 2.52 bits per heavy atom. The Morgan fingerprint density at radius 1 is 1.06 bits per heavy atom. The molecular weight excluding hydrogens is 627 g/mol. The fourth-order valence-corrected chi connectivity index (χ4v) is 11.0. The van der Waals surface area contributed by atoms with Crippen molar-refractivity contribution in [2.24, 2.45) is 5.92 Å². The minimum absolute atomic E-state index is 0.0501. The number of carbonyl (C=O) groups is 3. The van der Waals surface area contributed by atoms with E-state index in [1.807, 2.05) is 86.7 Å². The first-order chi connectivity index (χ1) is 23.0. The van der Waals surface area contributed by atoms with Gasteiger partial charge in [-0.3, -0.25) is 19.3 Å². The molecule has 0 aromatic heterocycles. The Bertz CT molecular complexity index is 1810. The first-order valence-corrected chi connectivity index (χ1v) is 19.5. The smallest absolute Gasteiger partial charge is 0.269 e. The third kappa shape index (κ3) is 4.99. The number of aliphatic hydroxyl groups is 1. The summed E-state index contributed by atoms with van der Waals surface area (Å²) in [5.74, 6) is -0.646. The molecule has 250 valence electrons. The van der Waals surface area contributed by atoms with Gasteiger partial charge in [0.1, 0.15) is 5.75 Å². The van der Waals surface area contributed by atoms with Gasteiger partial charge in [0, 0.05) is 35.8 Å². The van der Waals surface area contributed by atoms with Crippen molar-refractivity contribution in [2.45, 2.75) is 62.7 Å². The Hall–Kier alpha value is -4.29. The van der Waals surface area contributed by atoms with Crippen LogP contribution >= 0.6 is 0 Å². The standard InChI is InChI=1S/C37H41N3O7Si/c1-5-16-38-29-15-14-26(40-30-12-8-9-13-31(30)46-22-34(40)43)18-28(29)37(36(38)44)23(2)35(48(3,4)45)32(47-37)19-33(42)39-20-25-11-7-6-10-24(25)17-27(39)21-41/h5-15,18,23,27,32,35,41,45H,1,16-17,19-22H2,2-4H3/t23-,27-,32+,35-,37+/m0/s1. The summed E-state index contributed by atoms with van der Waals surface area (Å²) in [6, 6.07) is 20.3. The second-order valence-corrected chi connectivity index (χ2v) is 17.8. The van der Waals surface area contributed by atoms with Gasteiger partial charge >= 0.3 is 0 Å². The van der Waals surface area contributed by atoms with Crippen molar-refractivity contribution in [3.05, 3.63) is 96.1 Å². The molecule has 3 aromatic carbocycles. The quantitative estimate of drug-likeness (QED) is 0.283. The van der Waals surface area contributed by atoms with Crippen LogP contribution in [0.1, 0.15) is 30.0 Å². The maximum Gasteiger partial charge on any atom is 0.269 e. The van der Waals surface area contributed by atoms with Crippen LogP contribution in [0, 0.1) is 5.92 Å². The highest BCUT2D eigenvalue weighted by Gasteiger charge is 2.66. The second kappa shape index (κ2) is 12.0. The Labute approximate surface area is 281 Å². The number of rotatable bonds is 7. The number of benzene rings is 3. The summed E-state index contributed by atoms with van der Waals surface area (Å²) in [4.78, 5) is 58.7. The Balaban J connectivity index is 1.29. The van der Waals surface area contributed by atoms with E-state index in [1.165, 1.54) is 0 Å². The van der Waals surface area contributed by atoms with Crippen LogP contribution in [0.2, 0.25) is 18.6 Å². The van der Waals surface area contributed by atoms with E-state index in [-0.39, 0.29) is 49.9 Å². The molecule has 3 aromatic rings. The van der Waals surface area contributed by atoms with Gasteiger partial charge in [-0.2, -0.15) is 0 Å². The van der Waals surface area contributed by atoms with Crippen molar-refractivity contribution >= 4 is 43.1 Å². The van der Waals surface area contributed by atoms with Gasteiger partial charge in [0.2, 0.25) is 5.91 Å². The molecule has 0 saturated carbocycles. The SMILES string of the molecule is C=CCN1C(=O)[C@]2(O[C@H](CC(=O)N3Cc4ccccc4C[C@H]3CO)[C@@H]([Si](C)(C)O)[C@@H]2C)c2cc(N3C(=O)COc4ccccc43)ccc21. The highest BCUT2D eigenvalue weighted by molar-refractivity contribution is 6.71. The summed E-state index contributed by atoms with van der Waals surface area (Å²) in [6.45, 7) is 9.75. The van der Waals surface area contributed by atoms with Gasteiger partial charge < -0.3 is 29.2 Å². The first-order valence-electron chi connectivity index (χ1n) is 16.5. The number of hydrogen-bond acceptors (Lipinski definition) is 7. The highest BCUT2D eigenvalue weighted by atomic mass is 28.4. The zero-order chi connectivity index (χ0) is 34.0. The molecule has 0 bridgehead atoms. The average Bonchev–Trinajstić information content (AvgIpc) is 3.49. The predicted octanol–water partition coefficient (Wildman–Crippen LogP) is 4.41. The van der Waals surface area contributed by atoms with Crippen LogP contribution in [0.25, 0.3) is 0 Å². The summed E-state index contributed by atoms with van der Waals surface area (Å²) in [5, 5.41) is 10.3. The summed E-state index contributed by atoms with van der Waals surface area (Å²) < 4.78 is 12.6. The van der Waals surface area contributed by atoms with Gasteiger partial charge in [-0.25, -0.2) is 0 Å². The molecule has 4 aliphatic rings. The molecule has 0 radical (unpaired) electrons. The van der Waals surface area contributed by atoms with Crippen LogP contribution < -0.4 is 14.5 Å². The highest BCUT2D eigenvalue weighted by Crippen LogP contribution is 2.60. The number of para-hydroxylation sites is 2. The maximum atomic E-state index is 14.6. The molecule has 1 fully saturated rings. The maximum absolute atomic E-state index is 14.6. The molecule has 48 heavy (non-hydrogen) atoms. The largest absolute Gasteiger partial charge is 0.482 e. The zero-order valence-corrected chi connectivity index (χ0v) is 28.5. The molecule has 4 heterocycles. The van der Waals surface area contributed by atoms with Gasteiger partial charge in [0.25, 0.3) is 11.8 Å². The number of hydrogen-bond donors (Lipinski definition) is 2. The fraction of sp³-hybridized carbons (Fsp3) is 0.378. The molecule has 7 rings (SSSR count). The van der Waals surface area contributed by atoms with Crippen molar-refractivity contribution in [1.29, 1.82) is 0 Å². The molecule has 0 aliphatic carbocycles. The molecule has 1 spiro atoms. The molecule has 1 saturated heterocycles. The molecule has 10 nitrogen and oxygen atoms in total. The molecule has 2 N–H and O–H groups in total. The van der Waals surface area contributed by atoms with Crippen molar-refractivity contribution in [3.8, 4) is 5.75 Å². The molecule has 11 heteroatoms. The summed E-state index contributed by atoms with van der Waals surface area (Å²) >= 11 is 0. The number of anilines is 3. The summed E-state index contributed by atoms with van der Waals surface area (Å²) in [7, 11) is -3.06. The second-order valence-electron chi connectivity index (χ2n) is 13.8. The van der Waals surface area contributed by atoms with E-state index in [4.69, 9.17) is 9.47 Å². The molecule has 5 atom stereocenters. The van der Waals surface area contributed by atoms with Crippen LogP contribution in [0.4, 0.5) is 17.1 Å². The van der Waals surface area contributed by atoms with Crippen LogP contribution in [-0.2, 0) is 37.7 Å². The number of aliphatic hydroxyl groups excluding tert-OH is 1. The molecular formula is C37H41N3O7Si. The van der Waals surface area contributed by atoms with Crippen molar-refractivity contribution in [3.63, 3.8) is 0 Å². The normalized spacial score (nSPS) is 26.3. The fourth-order valence-electron chi connectivity index (χ4n) is 8.43. The lowest BCUT2D eigenvalue weighted by molar-refractivity contribution is -0.150. The van der Waals surface area contributed by atoms with Crippen molar-refractivity contribution in [2.75, 3.05) is 29.6 Å². The van der Waals surface area contributed by atoms with Crippen LogP contribution in [0.5, 0.6) is 5.75 Å². The van der Waals surface area contributed by atoms with E-state index >= 15 is 0 Å². The van der Waals surface area contributed by atoms with Crippen molar-refractivity contribution in [1.82, 2.24) is 4.90 Å². The van der Waals surface area contributed by atoms with Gasteiger partial charge in [-0.05, 0) is 61.0 Å². The van der Waals surface area contributed by atoms with Gasteiger partial charge in [0.05, 0.1) is 36.5 Å². The number of nitrogens with zero attached hydrogens (tertiary/aromatic N) is 3. The minimum Gasteiger partial charge on any atom is -0.482 e. The minimum atomic E-state index is -3.06. The predicted molar refractivity (Wildman–Crippen MR) is 183 cm³/mol. The first kappa shape index (κ1) is 32.3. The summed E-state index contributed by atoms with van der Waals surface area (Å²) in [6.07, 6.45) is 1.39. The molecule has 0 unspecified atom stereocenters. The lowest BCUT2D eigenvalue weighted by atomic mass is 9.82. The monoisotopic (exact) mass is 667 g/mol. The lowest BCUT2D eigenvalue weighted by Gasteiger charge is -2.37. The lowest BCUT2D eigenvalue weighted by Crippen LogP contribution is -2.48. The van der Waals surface area contributed by atoms with E-state index in [0.717, 1.165) is 11.1 Å². The van der Waals surface area contributed by atoms with E-state index < -0.39 is 31.5 Å². The number of carbonyl (C=O) groups excluding carboxylic acids is 3. The topological polar surface area (TPSA) is 120 Å².